The van der Waals surface area contributed by atoms with E-state index in [1.165, 1.54) is 26.0 Å². The summed E-state index contributed by atoms with van der Waals surface area (Å²) in [5.41, 5.74) is 2.29. The monoisotopic (exact) mass is 490 g/mol. The fourth-order valence-electron chi connectivity index (χ4n) is 2.72. The molecule has 35 heavy (non-hydrogen) atoms. The first-order valence-corrected chi connectivity index (χ1v) is 10.9. The van der Waals surface area contributed by atoms with Crippen molar-refractivity contribution in [2.45, 2.75) is 58.4 Å². The summed E-state index contributed by atoms with van der Waals surface area (Å²) in [5.74, 6) is -1.75. The Balaban J connectivity index is 2.64. The number of ether oxygens (including phenoxy) is 2. The highest BCUT2D eigenvalue weighted by Gasteiger charge is 2.45. The van der Waals surface area contributed by atoms with Gasteiger partial charge in [0.1, 0.15) is 24.4 Å². The van der Waals surface area contributed by atoms with E-state index in [1.807, 2.05) is 38.2 Å². The second-order valence-corrected chi connectivity index (χ2v) is 8.03. The van der Waals surface area contributed by atoms with Crippen LogP contribution in [-0.2, 0) is 19.1 Å². The molecule has 1 saturated heterocycles. The van der Waals surface area contributed by atoms with Crippen LogP contribution in [0.25, 0.3) is 0 Å². The third-order valence-electron chi connectivity index (χ3n) is 4.97. The first kappa shape index (κ1) is 30.0. The lowest BCUT2D eigenvalue weighted by Crippen LogP contribution is -2.59. The summed E-state index contributed by atoms with van der Waals surface area (Å²) >= 11 is 0. The second-order valence-electron chi connectivity index (χ2n) is 8.03. The van der Waals surface area contributed by atoms with Gasteiger partial charge in [0, 0.05) is 11.1 Å². The van der Waals surface area contributed by atoms with Crippen LogP contribution >= 0.6 is 0 Å². The van der Waals surface area contributed by atoms with E-state index < -0.39 is 49.3 Å². The van der Waals surface area contributed by atoms with Gasteiger partial charge in [-0.1, -0.05) is 71.9 Å². The average molecular weight is 491 g/mol. The molecule has 192 valence electrons. The van der Waals surface area contributed by atoms with Crippen molar-refractivity contribution in [3.63, 3.8) is 0 Å². The predicted molar refractivity (Wildman–Crippen MR) is 130 cm³/mol. The number of esters is 1. The van der Waals surface area contributed by atoms with Gasteiger partial charge in [-0.3, -0.25) is 0 Å². The van der Waals surface area contributed by atoms with E-state index in [9.17, 15) is 30.0 Å². The maximum absolute atomic E-state index is 12.2. The molecule has 5 N–H and O–H groups in total. The molecule has 0 amide bonds. The van der Waals surface area contributed by atoms with Crippen LogP contribution in [-0.4, -0.2) is 74.8 Å². The molecule has 0 aromatic carbocycles. The van der Waals surface area contributed by atoms with Crippen molar-refractivity contribution < 1.29 is 44.6 Å². The maximum atomic E-state index is 12.2. The van der Waals surface area contributed by atoms with E-state index in [1.54, 1.807) is 24.3 Å². The lowest BCUT2D eigenvalue weighted by atomic mass is 9.99. The standard InChI is InChI=1S/C26H34O9/c1-16(11-7-13-18(3)24(31)32)9-5-6-10-17(2)12-8-14-19(4)25(33)35-26-23(30)22(29)21(28)20(15-27)34-26/h5-14,20-23,26-30H,15H2,1-4H3,(H,31,32)/b6-5+,11-7+,12-8+,16-9+,17-10+,18-13+,19-14+/t20-,21-,22+,23-,26+/m1/s1. The summed E-state index contributed by atoms with van der Waals surface area (Å²) in [5, 5.41) is 47.5. The van der Waals surface area contributed by atoms with Crippen LogP contribution in [0.1, 0.15) is 27.7 Å². The van der Waals surface area contributed by atoms with Crippen LogP contribution in [0.2, 0.25) is 0 Å². The smallest absolute Gasteiger partial charge is 0.336 e. The summed E-state index contributed by atoms with van der Waals surface area (Å²) in [4.78, 5) is 23.0. The Morgan fingerprint density at radius 2 is 1.29 bits per heavy atom. The predicted octanol–water partition coefficient (Wildman–Crippen LogP) is 1.87. The molecule has 0 unspecified atom stereocenters. The molecule has 0 aliphatic carbocycles. The highest BCUT2D eigenvalue weighted by molar-refractivity contribution is 5.88. The van der Waals surface area contributed by atoms with E-state index in [2.05, 4.69) is 0 Å². The van der Waals surface area contributed by atoms with Crippen LogP contribution in [0, 0.1) is 0 Å². The van der Waals surface area contributed by atoms with Crippen LogP contribution in [0.4, 0.5) is 0 Å². The van der Waals surface area contributed by atoms with E-state index in [0.717, 1.165) is 11.1 Å². The summed E-state index contributed by atoms with van der Waals surface area (Å²) in [6.45, 7) is 6.16. The molecule has 0 bridgehead atoms. The molecular weight excluding hydrogens is 456 g/mol. The fraction of sp³-hybridized carbons (Fsp3) is 0.385. The van der Waals surface area contributed by atoms with Crippen molar-refractivity contribution in [3.8, 4) is 0 Å². The summed E-state index contributed by atoms with van der Waals surface area (Å²) in [7, 11) is 0. The number of aliphatic carboxylic acids is 1. The number of aliphatic hydroxyl groups is 4. The van der Waals surface area contributed by atoms with Gasteiger partial charge in [0.25, 0.3) is 0 Å². The zero-order valence-electron chi connectivity index (χ0n) is 20.2. The number of hydrogen-bond acceptors (Lipinski definition) is 8. The minimum atomic E-state index is -1.66. The molecule has 0 saturated carbocycles. The highest BCUT2D eigenvalue weighted by atomic mass is 16.7. The Hall–Kier alpha value is -3.08. The second kappa shape index (κ2) is 15.0. The highest BCUT2D eigenvalue weighted by Crippen LogP contribution is 2.22. The molecular formula is C26H34O9. The number of allylic oxidation sites excluding steroid dienone is 12. The molecule has 1 fully saturated rings. The lowest BCUT2D eigenvalue weighted by Gasteiger charge is -2.39. The van der Waals surface area contributed by atoms with Crippen molar-refractivity contribution in [3.05, 3.63) is 83.1 Å². The van der Waals surface area contributed by atoms with Gasteiger partial charge in [0.2, 0.25) is 6.29 Å². The molecule has 0 aromatic rings. The van der Waals surface area contributed by atoms with Crippen LogP contribution in [0.15, 0.2) is 83.1 Å². The van der Waals surface area contributed by atoms with Gasteiger partial charge in [-0.05, 0) is 27.7 Å². The summed E-state index contributed by atoms with van der Waals surface area (Å²) < 4.78 is 10.2. The van der Waals surface area contributed by atoms with Crippen molar-refractivity contribution in [1.82, 2.24) is 0 Å². The maximum Gasteiger partial charge on any atom is 0.336 e. The number of carbonyl (C=O) groups is 2. The van der Waals surface area contributed by atoms with Gasteiger partial charge < -0.3 is 35.0 Å². The SMILES string of the molecule is CC(/C=C/C=C(\C)C(=O)O)=C\C=C\C=C(C)\C=C\C=C(/C)C(=O)O[C@@H]1O[C@H](CO)[C@@H](O)[C@H](O)[C@H]1O. The zero-order chi connectivity index (χ0) is 26.5. The van der Waals surface area contributed by atoms with Gasteiger partial charge in [0.15, 0.2) is 0 Å². The third-order valence-corrected chi connectivity index (χ3v) is 4.97. The molecule has 9 nitrogen and oxygen atoms in total. The Morgan fingerprint density at radius 1 is 0.771 bits per heavy atom. The Kier molecular flexibility index (Phi) is 12.9. The van der Waals surface area contributed by atoms with Gasteiger partial charge in [-0.2, -0.15) is 0 Å². The zero-order valence-corrected chi connectivity index (χ0v) is 20.2. The third kappa shape index (κ3) is 10.4. The van der Waals surface area contributed by atoms with Crippen LogP contribution in [0.3, 0.4) is 0 Å². The van der Waals surface area contributed by atoms with Crippen molar-refractivity contribution in [2.24, 2.45) is 0 Å². The fourth-order valence-corrected chi connectivity index (χ4v) is 2.72. The van der Waals surface area contributed by atoms with Crippen molar-refractivity contribution in [2.75, 3.05) is 6.61 Å². The Labute approximate surface area is 205 Å². The topological polar surface area (TPSA) is 154 Å². The molecule has 0 aromatic heterocycles. The Morgan fingerprint density at radius 3 is 1.77 bits per heavy atom. The average Bonchev–Trinajstić information content (AvgIpc) is 2.81. The number of carboxylic acid groups (broad SMARTS) is 1. The van der Waals surface area contributed by atoms with Crippen LogP contribution < -0.4 is 0 Å². The Bertz CT molecular complexity index is 948. The van der Waals surface area contributed by atoms with Gasteiger partial charge >= 0.3 is 11.9 Å². The number of hydrogen-bond donors (Lipinski definition) is 5. The lowest BCUT2D eigenvalue weighted by molar-refractivity contribution is -0.291. The van der Waals surface area contributed by atoms with E-state index in [0.29, 0.717) is 0 Å². The summed E-state index contributed by atoms with van der Waals surface area (Å²) in [6, 6.07) is 0. The molecule has 0 spiro atoms. The number of aliphatic hydroxyl groups excluding tert-OH is 4. The van der Waals surface area contributed by atoms with Crippen molar-refractivity contribution in [1.29, 1.82) is 0 Å². The summed E-state index contributed by atoms with van der Waals surface area (Å²) in [6.07, 6.45) is 9.79. The first-order chi connectivity index (χ1) is 16.5. The molecule has 5 atom stereocenters. The molecule has 1 aliphatic heterocycles. The minimum absolute atomic E-state index is 0.207. The molecule has 1 aliphatic rings. The normalized spacial score (nSPS) is 27.3. The molecule has 0 radical (unpaired) electrons. The molecule has 1 heterocycles. The van der Waals surface area contributed by atoms with Crippen LogP contribution in [0.5, 0.6) is 0 Å². The van der Waals surface area contributed by atoms with Crippen molar-refractivity contribution >= 4 is 11.9 Å². The van der Waals surface area contributed by atoms with E-state index >= 15 is 0 Å². The first-order valence-electron chi connectivity index (χ1n) is 10.9. The number of carboxylic acids is 1. The van der Waals surface area contributed by atoms with Gasteiger partial charge in [-0.25, -0.2) is 9.59 Å². The molecule has 9 heteroatoms. The van der Waals surface area contributed by atoms with Gasteiger partial charge in [0.05, 0.1) is 6.61 Å². The number of rotatable bonds is 10. The van der Waals surface area contributed by atoms with E-state index in [4.69, 9.17) is 14.6 Å². The minimum Gasteiger partial charge on any atom is -0.478 e. The molecule has 1 rings (SSSR count). The quantitative estimate of drug-likeness (QED) is 0.175. The van der Waals surface area contributed by atoms with E-state index in [-0.39, 0.29) is 11.1 Å². The van der Waals surface area contributed by atoms with Gasteiger partial charge in [-0.15, -0.1) is 0 Å². The number of carbonyl (C=O) groups excluding carboxylic acids is 1. The largest absolute Gasteiger partial charge is 0.478 e.